The summed E-state index contributed by atoms with van der Waals surface area (Å²) in [4.78, 5) is 11.7. The minimum atomic E-state index is -0.627. The highest BCUT2D eigenvalue weighted by atomic mass is 35.5. The number of hydrogen-bond acceptors (Lipinski definition) is 2. The van der Waals surface area contributed by atoms with Crippen LogP contribution in [0.5, 0.6) is 5.75 Å². The first-order chi connectivity index (χ1) is 9.06. The molecular weight excluding hydrogens is 274 g/mol. The quantitative estimate of drug-likeness (QED) is 0.796. The largest absolute Gasteiger partial charge is 0.485 e. The van der Waals surface area contributed by atoms with Crippen molar-refractivity contribution < 1.29 is 18.3 Å². The van der Waals surface area contributed by atoms with Crippen LogP contribution in [0.15, 0.2) is 42.5 Å². The van der Waals surface area contributed by atoms with Gasteiger partial charge in [-0.2, -0.15) is 0 Å². The molecule has 2 nitrogen and oxygen atoms in total. The third kappa shape index (κ3) is 3.51. The van der Waals surface area contributed by atoms with E-state index in [1.165, 1.54) is 30.3 Å². The van der Waals surface area contributed by atoms with Gasteiger partial charge in [0.25, 0.3) is 0 Å². The summed E-state index contributed by atoms with van der Waals surface area (Å²) < 4.78 is 31.2. The van der Waals surface area contributed by atoms with Crippen molar-refractivity contribution in [1.82, 2.24) is 0 Å². The van der Waals surface area contributed by atoms with Crippen LogP contribution < -0.4 is 4.74 Å². The summed E-state index contributed by atoms with van der Waals surface area (Å²) in [6, 6.07) is 9.15. The fourth-order valence-corrected chi connectivity index (χ4v) is 1.58. The SMILES string of the molecule is O=C(COc1ccc(Cl)c(F)c1)c1cccc(F)c1. The zero-order chi connectivity index (χ0) is 13.8. The number of Topliss-reactive ketones (excluding diaryl/α,β-unsaturated/α-hetero) is 1. The van der Waals surface area contributed by atoms with Gasteiger partial charge in [0.15, 0.2) is 12.4 Å². The second-order valence-corrected chi connectivity index (χ2v) is 4.21. The standard InChI is InChI=1S/C14H9ClF2O2/c15-12-5-4-11(7-13(12)17)19-8-14(18)9-2-1-3-10(16)6-9/h1-7H,8H2. The first-order valence-corrected chi connectivity index (χ1v) is 5.80. The molecule has 98 valence electrons. The van der Waals surface area contributed by atoms with E-state index in [9.17, 15) is 13.6 Å². The third-order valence-corrected chi connectivity index (χ3v) is 2.71. The van der Waals surface area contributed by atoms with Crippen molar-refractivity contribution in [2.24, 2.45) is 0 Å². The second-order valence-electron chi connectivity index (χ2n) is 3.80. The molecule has 0 amide bonds. The molecule has 0 spiro atoms. The van der Waals surface area contributed by atoms with Gasteiger partial charge in [0.2, 0.25) is 0 Å². The molecule has 0 saturated carbocycles. The zero-order valence-corrected chi connectivity index (χ0v) is 10.5. The Bertz CT molecular complexity index is 614. The summed E-state index contributed by atoms with van der Waals surface area (Å²) in [5.74, 6) is -1.33. The topological polar surface area (TPSA) is 26.3 Å². The minimum absolute atomic E-state index is 0.0243. The van der Waals surface area contributed by atoms with Gasteiger partial charge in [-0.05, 0) is 24.3 Å². The summed E-state index contributed by atoms with van der Waals surface area (Å²) in [7, 11) is 0. The number of benzene rings is 2. The molecule has 0 aliphatic carbocycles. The molecule has 0 bridgehead atoms. The van der Waals surface area contributed by atoms with E-state index in [4.69, 9.17) is 16.3 Å². The first kappa shape index (κ1) is 13.5. The van der Waals surface area contributed by atoms with Crippen molar-refractivity contribution in [3.63, 3.8) is 0 Å². The fourth-order valence-electron chi connectivity index (χ4n) is 1.46. The average molecular weight is 283 g/mol. The lowest BCUT2D eigenvalue weighted by molar-refractivity contribution is 0.0921. The monoisotopic (exact) mass is 282 g/mol. The number of halogens is 3. The third-order valence-electron chi connectivity index (χ3n) is 2.41. The molecule has 2 rings (SSSR count). The molecule has 0 aromatic heterocycles. The molecule has 2 aromatic rings. The van der Waals surface area contributed by atoms with E-state index >= 15 is 0 Å². The van der Waals surface area contributed by atoms with Crippen LogP contribution in [0.4, 0.5) is 8.78 Å². The minimum Gasteiger partial charge on any atom is -0.485 e. The van der Waals surface area contributed by atoms with Gasteiger partial charge in [0.05, 0.1) is 5.02 Å². The van der Waals surface area contributed by atoms with Gasteiger partial charge in [0.1, 0.15) is 17.4 Å². The Hall–Kier alpha value is -1.94. The Morgan fingerprint density at radius 1 is 1.16 bits per heavy atom. The maximum Gasteiger partial charge on any atom is 0.200 e. The highest BCUT2D eigenvalue weighted by Gasteiger charge is 2.08. The maximum atomic E-state index is 13.1. The molecule has 0 unspecified atom stereocenters. The maximum absolute atomic E-state index is 13.1. The first-order valence-electron chi connectivity index (χ1n) is 5.43. The molecule has 0 aliphatic heterocycles. The highest BCUT2D eigenvalue weighted by molar-refractivity contribution is 6.30. The number of hydrogen-bond donors (Lipinski definition) is 0. The Labute approximate surface area is 113 Å². The van der Waals surface area contributed by atoms with E-state index in [1.807, 2.05) is 0 Å². The molecule has 0 atom stereocenters. The van der Waals surface area contributed by atoms with Crippen LogP contribution in [0, 0.1) is 11.6 Å². The van der Waals surface area contributed by atoms with Gasteiger partial charge in [-0.25, -0.2) is 8.78 Å². The molecule has 0 heterocycles. The van der Waals surface area contributed by atoms with Crippen molar-refractivity contribution >= 4 is 17.4 Å². The molecule has 19 heavy (non-hydrogen) atoms. The number of ketones is 1. The lowest BCUT2D eigenvalue weighted by Gasteiger charge is -2.06. The van der Waals surface area contributed by atoms with Crippen LogP contribution in [0.1, 0.15) is 10.4 Å². The molecule has 0 saturated heterocycles. The van der Waals surface area contributed by atoms with Crippen LogP contribution in [0.3, 0.4) is 0 Å². The van der Waals surface area contributed by atoms with Crippen LogP contribution in [0.2, 0.25) is 5.02 Å². The number of ether oxygens (including phenoxy) is 1. The van der Waals surface area contributed by atoms with Crippen molar-refractivity contribution in [1.29, 1.82) is 0 Å². The molecular formula is C14H9ClF2O2. The highest BCUT2D eigenvalue weighted by Crippen LogP contribution is 2.20. The number of rotatable bonds is 4. The summed E-state index contributed by atoms with van der Waals surface area (Å²) >= 11 is 5.52. The van der Waals surface area contributed by atoms with Gasteiger partial charge in [0, 0.05) is 11.6 Å². The zero-order valence-electron chi connectivity index (χ0n) is 9.70. The van der Waals surface area contributed by atoms with Crippen molar-refractivity contribution in [2.75, 3.05) is 6.61 Å². The lowest BCUT2D eigenvalue weighted by Crippen LogP contribution is -2.11. The van der Waals surface area contributed by atoms with E-state index in [1.54, 1.807) is 0 Å². The van der Waals surface area contributed by atoms with E-state index < -0.39 is 17.4 Å². The van der Waals surface area contributed by atoms with E-state index in [-0.39, 0.29) is 22.9 Å². The Morgan fingerprint density at radius 2 is 1.95 bits per heavy atom. The summed E-state index contributed by atoms with van der Waals surface area (Å²) in [6.45, 7) is -0.301. The van der Waals surface area contributed by atoms with Gasteiger partial charge in [-0.15, -0.1) is 0 Å². The van der Waals surface area contributed by atoms with Crippen LogP contribution in [-0.2, 0) is 0 Å². The Kier molecular flexibility index (Phi) is 4.12. The number of carbonyl (C=O) groups excluding carboxylic acids is 1. The van der Waals surface area contributed by atoms with Gasteiger partial charge in [-0.1, -0.05) is 23.7 Å². The summed E-state index contributed by atoms with van der Waals surface area (Å²) in [6.07, 6.45) is 0. The molecule has 2 aromatic carbocycles. The molecule has 0 aliphatic rings. The molecule has 0 N–H and O–H groups in total. The lowest BCUT2D eigenvalue weighted by atomic mass is 10.1. The number of carbonyl (C=O) groups is 1. The van der Waals surface area contributed by atoms with E-state index in [2.05, 4.69) is 0 Å². The summed E-state index contributed by atoms with van der Waals surface area (Å²) in [5, 5.41) is -0.0243. The van der Waals surface area contributed by atoms with Crippen LogP contribution in [0.25, 0.3) is 0 Å². The molecule has 5 heteroatoms. The van der Waals surface area contributed by atoms with Crippen molar-refractivity contribution in [3.05, 3.63) is 64.7 Å². The van der Waals surface area contributed by atoms with Gasteiger partial charge >= 0.3 is 0 Å². The van der Waals surface area contributed by atoms with E-state index in [0.717, 1.165) is 12.1 Å². The molecule has 0 fully saturated rings. The normalized spacial score (nSPS) is 10.3. The van der Waals surface area contributed by atoms with Crippen LogP contribution >= 0.6 is 11.6 Å². The summed E-state index contributed by atoms with van der Waals surface area (Å²) in [5.41, 5.74) is 0.203. The fraction of sp³-hybridized carbons (Fsp3) is 0.0714. The van der Waals surface area contributed by atoms with Gasteiger partial charge < -0.3 is 4.74 Å². The van der Waals surface area contributed by atoms with Gasteiger partial charge in [-0.3, -0.25) is 4.79 Å². The Morgan fingerprint density at radius 3 is 2.63 bits per heavy atom. The predicted octanol–water partition coefficient (Wildman–Crippen LogP) is 3.88. The molecule has 0 radical (unpaired) electrons. The smallest absolute Gasteiger partial charge is 0.200 e. The van der Waals surface area contributed by atoms with Crippen molar-refractivity contribution in [3.8, 4) is 5.75 Å². The van der Waals surface area contributed by atoms with Crippen LogP contribution in [-0.4, -0.2) is 12.4 Å². The average Bonchev–Trinajstić information content (AvgIpc) is 2.40. The predicted molar refractivity (Wildman–Crippen MR) is 67.6 cm³/mol. The van der Waals surface area contributed by atoms with Crippen molar-refractivity contribution in [2.45, 2.75) is 0 Å². The second kappa shape index (κ2) is 5.80. The van der Waals surface area contributed by atoms with E-state index in [0.29, 0.717) is 0 Å². The Balaban J connectivity index is 2.02.